The molecular weight excluding hydrogens is 204 g/mol. The first kappa shape index (κ1) is 12.7. The maximum atomic E-state index is 11.7. The molecule has 1 aliphatic rings. The van der Waals surface area contributed by atoms with E-state index in [0.717, 1.165) is 12.0 Å². The molecule has 0 radical (unpaired) electrons. The molecule has 0 aromatic rings. The lowest BCUT2D eigenvalue weighted by molar-refractivity contribution is -0.120. The summed E-state index contributed by atoms with van der Waals surface area (Å²) in [6.45, 7) is 6.71. The maximum absolute atomic E-state index is 11.7. The van der Waals surface area contributed by atoms with Crippen LogP contribution < -0.4 is 10.6 Å². The molecular formula is C12H20N2O2. The third-order valence-corrected chi connectivity index (χ3v) is 2.98. The molecule has 0 saturated heterocycles. The summed E-state index contributed by atoms with van der Waals surface area (Å²) in [6.07, 6.45) is 2.89. The van der Waals surface area contributed by atoms with Gasteiger partial charge in [-0.15, -0.1) is 0 Å². The fraction of sp³-hybridized carbons (Fsp3) is 0.667. The Balaban J connectivity index is 2.26. The van der Waals surface area contributed by atoms with Crippen LogP contribution in [0.15, 0.2) is 11.6 Å². The lowest BCUT2D eigenvalue weighted by atomic mass is 10.00. The summed E-state index contributed by atoms with van der Waals surface area (Å²) >= 11 is 0. The van der Waals surface area contributed by atoms with Crippen LogP contribution in [-0.2, 0) is 9.59 Å². The van der Waals surface area contributed by atoms with Crippen molar-refractivity contribution in [3.05, 3.63) is 11.6 Å². The normalized spacial score (nSPS) is 23.8. The van der Waals surface area contributed by atoms with Crippen LogP contribution in [0.5, 0.6) is 0 Å². The van der Waals surface area contributed by atoms with E-state index in [9.17, 15) is 9.59 Å². The second kappa shape index (κ2) is 5.68. The van der Waals surface area contributed by atoms with E-state index in [4.69, 9.17) is 0 Å². The first-order chi connectivity index (χ1) is 7.50. The zero-order valence-electron chi connectivity index (χ0n) is 10.2. The van der Waals surface area contributed by atoms with Crippen LogP contribution in [-0.4, -0.2) is 24.9 Å². The lowest BCUT2D eigenvalue weighted by Gasteiger charge is -2.07. The average molecular weight is 224 g/mol. The second-order valence-corrected chi connectivity index (χ2v) is 4.47. The van der Waals surface area contributed by atoms with E-state index in [1.54, 1.807) is 0 Å². The zero-order chi connectivity index (χ0) is 12.1. The number of carbonyl (C=O) groups excluding carboxylic acids is 2. The minimum Gasteiger partial charge on any atom is -0.355 e. The summed E-state index contributed by atoms with van der Waals surface area (Å²) in [4.78, 5) is 22.3. The van der Waals surface area contributed by atoms with E-state index in [2.05, 4.69) is 24.5 Å². The predicted molar refractivity (Wildman–Crippen MR) is 62.7 cm³/mol. The Bertz CT molecular complexity index is 310. The van der Waals surface area contributed by atoms with Crippen molar-refractivity contribution in [3.8, 4) is 0 Å². The fourth-order valence-corrected chi connectivity index (χ4v) is 1.78. The maximum Gasteiger partial charge on any atom is 0.246 e. The van der Waals surface area contributed by atoms with Crippen molar-refractivity contribution in [2.75, 3.05) is 13.1 Å². The highest BCUT2D eigenvalue weighted by atomic mass is 16.2. The molecule has 4 nitrogen and oxygen atoms in total. The van der Waals surface area contributed by atoms with Crippen molar-refractivity contribution in [1.29, 1.82) is 0 Å². The minimum atomic E-state index is -0.0726. The first-order valence-corrected chi connectivity index (χ1v) is 5.74. The van der Waals surface area contributed by atoms with Gasteiger partial charge in [-0.05, 0) is 18.3 Å². The third-order valence-electron chi connectivity index (χ3n) is 2.98. The van der Waals surface area contributed by atoms with Crippen LogP contribution >= 0.6 is 0 Å². The number of nitrogens with one attached hydrogen (secondary N) is 2. The van der Waals surface area contributed by atoms with E-state index in [-0.39, 0.29) is 11.8 Å². The van der Waals surface area contributed by atoms with Gasteiger partial charge in [0.05, 0.1) is 0 Å². The topological polar surface area (TPSA) is 58.2 Å². The van der Waals surface area contributed by atoms with Gasteiger partial charge < -0.3 is 10.6 Å². The largest absolute Gasteiger partial charge is 0.355 e. The Morgan fingerprint density at radius 1 is 1.31 bits per heavy atom. The van der Waals surface area contributed by atoms with E-state index < -0.39 is 0 Å². The van der Waals surface area contributed by atoms with E-state index in [1.165, 1.54) is 6.92 Å². The number of amides is 2. The molecule has 90 valence electrons. The van der Waals surface area contributed by atoms with Gasteiger partial charge in [0, 0.05) is 25.6 Å². The van der Waals surface area contributed by atoms with Gasteiger partial charge in [-0.25, -0.2) is 0 Å². The molecule has 2 amide bonds. The molecule has 0 aromatic heterocycles. The van der Waals surface area contributed by atoms with Crippen LogP contribution in [0, 0.1) is 11.8 Å². The van der Waals surface area contributed by atoms with Gasteiger partial charge in [-0.3, -0.25) is 9.59 Å². The summed E-state index contributed by atoms with van der Waals surface area (Å²) in [5, 5.41) is 5.44. The molecule has 0 fully saturated rings. The van der Waals surface area contributed by atoms with Gasteiger partial charge in [0.2, 0.25) is 11.8 Å². The average Bonchev–Trinajstić information content (AvgIpc) is 2.54. The molecule has 2 unspecified atom stereocenters. The highest BCUT2D eigenvalue weighted by Gasteiger charge is 2.23. The van der Waals surface area contributed by atoms with Crippen molar-refractivity contribution in [1.82, 2.24) is 10.6 Å². The quantitative estimate of drug-likeness (QED) is 0.695. The Labute approximate surface area is 96.5 Å². The summed E-state index contributed by atoms with van der Waals surface area (Å²) in [5.74, 6) is 0.963. The van der Waals surface area contributed by atoms with E-state index >= 15 is 0 Å². The SMILES string of the molecule is CC(=O)NCCNC(=O)C1=CC(C)C(C)C1. The molecule has 0 heterocycles. The monoisotopic (exact) mass is 224 g/mol. The third kappa shape index (κ3) is 3.68. The first-order valence-electron chi connectivity index (χ1n) is 5.74. The molecule has 16 heavy (non-hydrogen) atoms. The van der Waals surface area contributed by atoms with Crippen molar-refractivity contribution in [2.45, 2.75) is 27.2 Å². The minimum absolute atomic E-state index is 0.00144. The molecule has 0 bridgehead atoms. The Kier molecular flexibility index (Phi) is 4.52. The molecule has 0 saturated carbocycles. The molecule has 4 heteroatoms. The highest BCUT2D eigenvalue weighted by molar-refractivity contribution is 5.93. The molecule has 0 spiro atoms. The fourth-order valence-electron chi connectivity index (χ4n) is 1.78. The summed E-state index contributed by atoms with van der Waals surface area (Å²) in [6, 6.07) is 0. The number of carbonyl (C=O) groups is 2. The van der Waals surface area contributed by atoms with Gasteiger partial charge in [0.25, 0.3) is 0 Å². The molecule has 0 aromatic carbocycles. The van der Waals surface area contributed by atoms with Crippen LogP contribution in [0.2, 0.25) is 0 Å². The standard InChI is InChI=1S/C12H20N2O2/c1-8-6-11(7-9(8)2)12(16)14-5-4-13-10(3)15/h6,8-9H,4-5,7H2,1-3H3,(H,13,15)(H,14,16). The Morgan fingerprint density at radius 3 is 2.44 bits per heavy atom. The van der Waals surface area contributed by atoms with Crippen molar-refractivity contribution in [3.63, 3.8) is 0 Å². The Morgan fingerprint density at radius 2 is 1.94 bits per heavy atom. The lowest BCUT2D eigenvalue weighted by Crippen LogP contribution is -2.34. The molecule has 1 aliphatic carbocycles. The number of allylic oxidation sites excluding steroid dienone is 1. The van der Waals surface area contributed by atoms with Gasteiger partial charge >= 0.3 is 0 Å². The summed E-state index contributed by atoms with van der Waals surface area (Å²) < 4.78 is 0. The van der Waals surface area contributed by atoms with Gasteiger partial charge in [0.15, 0.2) is 0 Å². The number of rotatable bonds is 4. The molecule has 1 rings (SSSR count). The van der Waals surface area contributed by atoms with Crippen molar-refractivity contribution >= 4 is 11.8 Å². The number of hydrogen-bond donors (Lipinski definition) is 2. The van der Waals surface area contributed by atoms with Crippen LogP contribution in [0.25, 0.3) is 0 Å². The van der Waals surface area contributed by atoms with Crippen LogP contribution in [0.3, 0.4) is 0 Å². The molecule has 0 aliphatic heterocycles. The van der Waals surface area contributed by atoms with E-state index in [0.29, 0.717) is 24.9 Å². The molecule has 2 N–H and O–H groups in total. The predicted octanol–water partition coefficient (Wildman–Crippen LogP) is 0.841. The van der Waals surface area contributed by atoms with Crippen molar-refractivity contribution < 1.29 is 9.59 Å². The van der Waals surface area contributed by atoms with Crippen LogP contribution in [0.4, 0.5) is 0 Å². The zero-order valence-corrected chi connectivity index (χ0v) is 10.2. The smallest absolute Gasteiger partial charge is 0.246 e. The van der Waals surface area contributed by atoms with Gasteiger partial charge in [0.1, 0.15) is 0 Å². The van der Waals surface area contributed by atoms with E-state index in [1.807, 2.05) is 6.08 Å². The second-order valence-electron chi connectivity index (χ2n) is 4.47. The highest BCUT2D eigenvalue weighted by Crippen LogP contribution is 2.29. The number of hydrogen-bond acceptors (Lipinski definition) is 2. The van der Waals surface area contributed by atoms with Gasteiger partial charge in [-0.2, -0.15) is 0 Å². The van der Waals surface area contributed by atoms with Gasteiger partial charge in [-0.1, -0.05) is 19.9 Å². The summed E-state index contributed by atoms with van der Waals surface area (Å²) in [7, 11) is 0. The Hall–Kier alpha value is -1.32. The molecule has 2 atom stereocenters. The summed E-state index contributed by atoms with van der Waals surface area (Å²) in [5.41, 5.74) is 0.878. The van der Waals surface area contributed by atoms with Crippen molar-refractivity contribution in [2.24, 2.45) is 11.8 Å². The van der Waals surface area contributed by atoms with Crippen LogP contribution in [0.1, 0.15) is 27.2 Å².